The molecule has 17 heavy (non-hydrogen) atoms. The maximum Gasteiger partial charge on any atom is 0.295 e. The van der Waals surface area contributed by atoms with Crippen molar-refractivity contribution in [3.63, 3.8) is 0 Å². The third-order valence-electron chi connectivity index (χ3n) is 3.07. The highest BCUT2D eigenvalue weighted by Crippen LogP contribution is 2.33. The summed E-state index contributed by atoms with van der Waals surface area (Å²) in [5.74, 6) is -0.532. The molecule has 0 radical (unpaired) electrons. The van der Waals surface area contributed by atoms with Crippen molar-refractivity contribution in [1.82, 2.24) is 5.32 Å². The van der Waals surface area contributed by atoms with Crippen LogP contribution < -0.4 is 10.2 Å². The predicted molar refractivity (Wildman–Crippen MR) is 62.7 cm³/mol. The average molecular weight is 239 g/mol. The normalized spacial score (nSPS) is 19.6. The number of para-hydroxylation sites is 1. The van der Waals surface area contributed by atoms with Gasteiger partial charge in [0, 0.05) is 25.2 Å². The highest BCUT2D eigenvalue weighted by molar-refractivity contribution is 5.64. The molecule has 0 aliphatic carbocycles. The number of halogens is 1. The van der Waals surface area contributed by atoms with Gasteiger partial charge in [-0.05, 0) is 19.5 Å². The van der Waals surface area contributed by atoms with Crippen molar-refractivity contribution in [3.8, 4) is 0 Å². The smallest absolute Gasteiger partial charge is 0.295 e. The van der Waals surface area contributed by atoms with Gasteiger partial charge in [0.25, 0.3) is 5.69 Å². The second-order valence-corrected chi connectivity index (χ2v) is 4.08. The summed E-state index contributed by atoms with van der Waals surface area (Å²) in [6.07, 6.45) is 0.863. The number of nitro benzene ring substituents is 1. The number of likely N-dealkylation sites (N-methyl/N-ethyl adjacent to an activating group) is 1. The van der Waals surface area contributed by atoms with Gasteiger partial charge in [-0.1, -0.05) is 6.07 Å². The highest BCUT2D eigenvalue weighted by atomic mass is 19.1. The minimum absolute atomic E-state index is 0.107. The monoisotopic (exact) mass is 239 g/mol. The number of benzene rings is 1. The zero-order valence-corrected chi connectivity index (χ0v) is 9.52. The minimum atomic E-state index is -0.537. The summed E-state index contributed by atoms with van der Waals surface area (Å²) < 4.78 is 13.7. The van der Waals surface area contributed by atoms with Crippen LogP contribution >= 0.6 is 0 Å². The van der Waals surface area contributed by atoms with Crippen LogP contribution in [0.3, 0.4) is 0 Å². The summed E-state index contributed by atoms with van der Waals surface area (Å²) in [5.41, 5.74) is -0.0583. The van der Waals surface area contributed by atoms with Gasteiger partial charge >= 0.3 is 0 Å². The van der Waals surface area contributed by atoms with Crippen molar-refractivity contribution in [2.75, 3.05) is 25.0 Å². The van der Waals surface area contributed by atoms with Crippen LogP contribution in [0.4, 0.5) is 15.8 Å². The maximum absolute atomic E-state index is 13.7. The van der Waals surface area contributed by atoms with Gasteiger partial charge in [0.2, 0.25) is 0 Å². The molecule has 1 unspecified atom stereocenters. The molecule has 1 heterocycles. The van der Waals surface area contributed by atoms with Gasteiger partial charge in [0.15, 0.2) is 11.5 Å². The topological polar surface area (TPSA) is 58.4 Å². The first kappa shape index (κ1) is 11.8. The molecule has 92 valence electrons. The van der Waals surface area contributed by atoms with Crippen LogP contribution in [-0.2, 0) is 0 Å². The molecule has 1 atom stereocenters. The van der Waals surface area contributed by atoms with Crippen LogP contribution in [0, 0.1) is 15.9 Å². The van der Waals surface area contributed by atoms with Gasteiger partial charge in [-0.25, -0.2) is 4.39 Å². The molecule has 1 N–H and O–H groups in total. The number of rotatable bonds is 3. The van der Waals surface area contributed by atoms with Crippen LogP contribution in [0.25, 0.3) is 0 Å². The van der Waals surface area contributed by atoms with E-state index in [-0.39, 0.29) is 17.4 Å². The molecule has 0 saturated carbocycles. The van der Waals surface area contributed by atoms with Gasteiger partial charge < -0.3 is 10.2 Å². The van der Waals surface area contributed by atoms with Crippen LogP contribution in [0.1, 0.15) is 6.42 Å². The lowest BCUT2D eigenvalue weighted by atomic mass is 10.2. The lowest BCUT2D eigenvalue weighted by Gasteiger charge is -2.18. The molecule has 1 fully saturated rings. The third kappa shape index (κ3) is 2.21. The van der Waals surface area contributed by atoms with Crippen molar-refractivity contribution in [2.24, 2.45) is 0 Å². The van der Waals surface area contributed by atoms with Crippen molar-refractivity contribution in [1.29, 1.82) is 0 Å². The van der Waals surface area contributed by atoms with Gasteiger partial charge in [-0.2, -0.15) is 0 Å². The van der Waals surface area contributed by atoms with Gasteiger partial charge in [-0.3, -0.25) is 10.1 Å². The Morgan fingerprint density at radius 1 is 1.59 bits per heavy atom. The minimum Gasteiger partial charge on any atom is -0.362 e. The van der Waals surface area contributed by atoms with Crippen LogP contribution in [0.15, 0.2) is 18.2 Å². The van der Waals surface area contributed by atoms with E-state index in [2.05, 4.69) is 5.32 Å². The number of nitrogens with one attached hydrogen (secondary N) is 1. The molecule has 0 bridgehead atoms. The molecule has 1 aliphatic rings. The van der Waals surface area contributed by atoms with Crippen molar-refractivity contribution < 1.29 is 9.31 Å². The zero-order valence-electron chi connectivity index (χ0n) is 9.52. The molecule has 6 heteroatoms. The van der Waals surface area contributed by atoms with Crippen molar-refractivity contribution in [2.45, 2.75) is 12.5 Å². The second-order valence-electron chi connectivity index (χ2n) is 4.08. The Balaban J connectivity index is 2.34. The summed E-state index contributed by atoms with van der Waals surface area (Å²) >= 11 is 0. The molecular weight excluding hydrogens is 225 g/mol. The first-order valence-electron chi connectivity index (χ1n) is 5.48. The fraction of sp³-hybridized carbons (Fsp3) is 0.455. The molecule has 1 saturated heterocycles. The number of nitrogens with zero attached hydrogens (tertiary/aromatic N) is 2. The highest BCUT2D eigenvalue weighted by Gasteiger charge is 2.29. The fourth-order valence-corrected chi connectivity index (χ4v) is 2.16. The van der Waals surface area contributed by atoms with E-state index in [0.29, 0.717) is 13.1 Å². The van der Waals surface area contributed by atoms with Crippen molar-refractivity contribution >= 4 is 11.4 Å². The molecule has 0 spiro atoms. The first-order chi connectivity index (χ1) is 8.13. The molecule has 0 aromatic heterocycles. The molecule has 1 aromatic rings. The van der Waals surface area contributed by atoms with Gasteiger partial charge in [0.05, 0.1) is 4.92 Å². The molecule has 0 amide bonds. The zero-order chi connectivity index (χ0) is 12.4. The molecular formula is C11H14FN3O2. The van der Waals surface area contributed by atoms with E-state index in [1.54, 1.807) is 4.90 Å². The molecule has 1 aromatic carbocycles. The fourth-order valence-electron chi connectivity index (χ4n) is 2.16. The number of hydrogen-bond acceptors (Lipinski definition) is 4. The van der Waals surface area contributed by atoms with E-state index < -0.39 is 10.7 Å². The van der Waals surface area contributed by atoms with Crippen molar-refractivity contribution in [3.05, 3.63) is 34.1 Å². The van der Waals surface area contributed by atoms with E-state index in [9.17, 15) is 14.5 Å². The van der Waals surface area contributed by atoms with Gasteiger partial charge in [0.1, 0.15) is 0 Å². The van der Waals surface area contributed by atoms with E-state index in [1.807, 2.05) is 7.05 Å². The largest absolute Gasteiger partial charge is 0.362 e. The Morgan fingerprint density at radius 2 is 2.35 bits per heavy atom. The predicted octanol–water partition coefficient (Wildman–Crippen LogP) is 1.53. The van der Waals surface area contributed by atoms with Crippen LogP contribution in [-0.4, -0.2) is 31.1 Å². The molecule has 5 nitrogen and oxygen atoms in total. The van der Waals surface area contributed by atoms with Crippen LogP contribution in [0.5, 0.6) is 0 Å². The van der Waals surface area contributed by atoms with E-state index in [4.69, 9.17) is 0 Å². The summed E-state index contributed by atoms with van der Waals surface area (Å²) in [6.45, 7) is 1.23. The Morgan fingerprint density at radius 3 is 2.94 bits per heavy atom. The quantitative estimate of drug-likeness (QED) is 0.642. The molecule has 1 aliphatic heterocycles. The Bertz CT molecular complexity index is 439. The molecule has 2 rings (SSSR count). The summed E-state index contributed by atoms with van der Waals surface area (Å²) in [7, 11) is 1.84. The van der Waals surface area contributed by atoms with E-state index >= 15 is 0 Å². The van der Waals surface area contributed by atoms with E-state index in [1.165, 1.54) is 18.2 Å². The van der Waals surface area contributed by atoms with Crippen LogP contribution in [0.2, 0.25) is 0 Å². The Hall–Kier alpha value is -1.69. The Labute approximate surface area is 98.4 Å². The van der Waals surface area contributed by atoms with E-state index in [0.717, 1.165) is 6.42 Å². The average Bonchev–Trinajstić information content (AvgIpc) is 2.76. The van der Waals surface area contributed by atoms with Gasteiger partial charge in [-0.15, -0.1) is 0 Å². The first-order valence-corrected chi connectivity index (χ1v) is 5.48. The maximum atomic E-state index is 13.7. The number of nitro groups is 1. The third-order valence-corrected chi connectivity index (χ3v) is 3.07. The Kier molecular flexibility index (Phi) is 3.23. The number of anilines is 1. The summed E-state index contributed by atoms with van der Waals surface area (Å²) in [4.78, 5) is 12.1. The lowest BCUT2D eigenvalue weighted by molar-refractivity contribution is -0.384. The SMILES string of the molecule is CNC1CCN(c2c(F)cccc2[N+](=O)[O-])C1. The lowest BCUT2D eigenvalue weighted by Crippen LogP contribution is -2.30. The standard InChI is InChI=1S/C11H14FN3O2/c1-13-8-5-6-14(7-8)11-9(12)3-2-4-10(11)15(16)17/h2-4,8,13H,5-7H2,1H3. The summed E-state index contributed by atoms with van der Waals surface area (Å²) in [5, 5.41) is 14.0. The number of hydrogen-bond donors (Lipinski definition) is 1. The summed E-state index contributed by atoms with van der Waals surface area (Å²) in [6, 6.07) is 4.22. The second kappa shape index (κ2) is 4.67.